The van der Waals surface area contributed by atoms with E-state index in [4.69, 9.17) is 0 Å². The van der Waals surface area contributed by atoms with E-state index in [9.17, 15) is 9.18 Å². The highest BCUT2D eigenvalue weighted by Gasteiger charge is 2.26. The fourth-order valence-corrected chi connectivity index (χ4v) is 3.14. The monoisotopic (exact) mass is 363 g/mol. The summed E-state index contributed by atoms with van der Waals surface area (Å²) in [6.45, 7) is 3.90. The summed E-state index contributed by atoms with van der Waals surface area (Å²) in [7, 11) is 0. The van der Waals surface area contributed by atoms with Crippen LogP contribution in [0.3, 0.4) is 0 Å². The van der Waals surface area contributed by atoms with Gasteiger partial charge in [-0.2, -0.15) is 0 Å². The summed E-state index contributed by atoms with van der Waals surface area (Å²) in [5.41, 5.74) is 3.13. The molecule has 0 saturated heterocycles. The van der Waals surface area contributed by atoms with Crippen LogP contribution in [0.15, 0.2) is 48.7 Å². The highest BCUT2D eigenvalue weighted by atomic mass is 19.1. The van der Waals surface area contributed by atoms with Crippen LogP contribution in [0.2, 0.25) is 0 Å². The molecule has 4 rings (SSSR count). The Labute approximate surface area is 157 Å². The van der Waals surface area contributed by atoms with E-state index in [2.05, 4.69) is 15.6 Å². The zero-order chi connectivity index (χ0) is 19.0. The number of pyridine rings is 1. The minimum absolute atomic E-state index is 0.0305. The third kappa shape index (κ3) is 3.63. The molecule has 0 aliphatic heterocycles. The number of aromatic nitrogens is 1. The number of carbonyl (C=O) groups is 1. The third-order valence-electron chi connectivity index (χ3n) is 4.81. The summed E-state index contributed by atoms with van der Waals surface area (Å²) >= 11 is 0. The van der Waals surface area contributed by atoms with Crippen molar-refractivity contribution in [3.63, 3.8) is 0 Å². The van der Waals surface area contributed by atoms with Crippen LogP contribution in [-0.2, 0) is 0 Å². The lowest BCUT2D eigenvalue weighted by Gasteiger charge is -2.17. The molecule has 2 aromatic carbocycles. The number of anilines is 2. The van der Waals surface area contributed by atoms with Gasteiger partial charge in [-0.25, -0.2) is 4.39 Å². The molecule has 1 heterocycles. The van der Waals surface area contributed by atoms with E-state index < -0.39 is 0 Å². The number of hydrogen-bond donors (Lipinski definition) is 2. The van der Waals surface area contributed by atoms with E-state index in [1.165, 1.54) is 12.3 Å². The molecule has 0 spiro atoms. The third-order valence-corrected chi connectivity index (χ3v) is 4.81. The maximum atomic E-state index is 14.4. The Bertz CT molecular complexity index is 997. The molecule has 4 nitrogen and oxygen atoms in total. The zero-order valence-corrected chi connectivity index (χ0v) is 15.4. The highest BCUT2D eigenvalue weighted by Crippen LogP contribution is 2.33. The van der Waals surface area contributed by atoms with E-state index >= 15 is 0 Å². The van der Waals surface area contributed by atoms with Crippen LogP contribution in [0.25, 0.3) is 10.9 Å². The van der Waals surface area contributed by atoms with E-state index in [1.807, 2.05) is 50.2 Å². The second-order valence-corrected chi connectivity index (χ2v) is 7.33. The maximum Gasteiger partial charge on any atom is 0.255 e. The topological polar surface area (TPSA) is 54.0 Å². The second-order valence-electron chi connectivity index (χ2n) is 7.33. The number of rotatable bonds is 5. The van der Waals surface area contributed by atoms with E-state index in [1.54, 1.807) is 0 Å². The normalized spacial score (nSPS) is 13.8. The SMILES string of the molecule is CC(C)c1cc2c(Nc3ccccc3)c(C(=O)NC3CC3)cnc2cc1F. The molecule has 0 atom stereocenters. The van der Waals surface area contributed by atoms with Crippen molar-refractivity contribution < 1.29 is 9.18 Å². The molecule has 1 saturated carbocycles. The Balaban J connectivity index is 1.88. The van der Waals surface area contributed by atoms with Gasteiger partial charge in [0.1, 0.15) is 5.82 Å². The van der Waals surface area contributed by atoms with Gasteiger partial charge in [0, 0.05) is 29.4 Å². The van der Waals surface area contributed by atoms with E-state index in [0.717, 1.165) is 23.9 Å². The summed E-state index contributed by atoms with van der Waals surface area (Å²) in [5.74, 6) is -0.394. The Morgan fingerprint density at radius 1 is 1.19 bits per heavy atom. The van der Waals surface area contributed by atoms with Gasteiger partial charge in [-0.1, -0.05) is 32.0 Å². The molecule has 1 aliphatic rings. The van der Waals surface area contributed by atoms with Crippen LogP contribution < -0.4 is 10.6 Å². The molecule has 0 radical (unpaired) electrons. The summed E-state index contributed by atoms with van der Waals surface area (Å²) in [4.78, 5) is 17.1. The van der Waals surface area contributed by atoms with Crippen LogP contribution in [0, 0.1) is 5.82 Å². The standard InChI is InChI=1S/C22H22FN3O/c1-13(2)16-10-17-20(11-19(16)23)24-12-18(22(27)26-15-8-9-15)21(17)25-14-6-4-3-5-7-14/h3-7,10-13,15H,8-9H2,1-2H3,(H,24,25)(H,26,27). The van der Waals surface area contributed by atoms with Crippen molar-refractivity contribution >= 4 is 28.2 Å². The first kappa shape index (κ1) is 17.5. The maximum absolute atomic E-state index is 14.4. The number of amides is 1. The molecule has 2 N–H and O–H groups in total. The predicted octanol–water partition coefficient (Wildman–Crippen LogP) is 5.13. The Hall–Kier alpha value is -2.95. The number of halogens is 1. The van der Waals surface area contributed by atoms with Crippen molar-refractivity contribution in [2.75, 3.05) is 5.32 Å². The molecule has 27 heavy (non-hydrogen) atoms. The molecule has 138 valence electrons. The Kier molecular flexibility index (Phi) is 4.52. The number of fused-ring (bicyclic) bond motifs is 1. The lowest BCUT2D eigenvalue weighted by atomic mass is 9.98. The molecular formula is C22H22FN3O. The minimum Gasteiger partial charge on any atom is -0.354 e. The molecule has 1 amide bonds. The first-order chi connectivity index (χ1) is 13.0. The molecular weight excluding hydrogens is 341 g/mol. The van der Waals surface area contributed by atoms with Crippen LogP contribution in [0.1, 0.15) is 48.5 Å². The van der Waals surface area contributed by atoms with E-state index in [-0.39, 0.29) is 23.7 Å². The van der Waals surface area contributed by atoms with Crippen molar-refractivity contribution in [1.82, 2.24) is 10.3 Å². The fraction of sp³-hybridized carbons (Fsp3) is 0.273. The summed E-state index contributed by atoms with van der Waals surface area (Å²) in [6, 6.07) is 13.2. The minimum atomic E-state index is -0.272. The average Bonchev–Trinajstić information content (AvgIpc) is 3.46. The van der Waals surface area contributed by atoms with Crippen LogP contribution in [0.4, 0.5) is 15.8 Å². The van der Waals surface area contributed by atoms with Crippen molar-refractivity contribution in [2.24, 2.45) is 0 Å². The summed E-state index contributed by atoms with van der Waals surface area (Å²) in [5, 5.41) is 7.11. The molecule has 1 aliphatic carbocycles. The zero-order valence-electron chi connectivity index (χ0n) is 15.4. The molecule has 1 fully saturated rings. The van der Waals surface area contributed by atoms with Gasteiger partial charge >= 0.3 is 0 Å². The van der Waals surface area contributed by atoms with Crippen LogP contribution in [-0.4, -0.2) is 16.9 Å². The number of nitrogens with one attached hydrogen (secondary N) is 2. The smallest absolute Gasteiger partial charge is 0.255 e. The second kappa shape index (κ2) is 6.99. The van der Waals surface area contributed by atoms with Gasteiger partial charge in [-0.15, -0.1) is 0 Å². The quantitative estimate of drug-likeness (QED) is 0.660. The van der Waals surface area contributed by atoms with Gasteiger partial charge in [-0.3, -0.25) is 9.78 Å². The Morgan fingerprint density at radius 3 is 2.59 bits per heavy atom. The van der Waals surface area contributed by atoms with Crippen molar-refractivity contribution in [2.45, 2.75) is 38.6 Å². The molecule has 0 bridgehead atoms. The van der Waals surface area contributed by atoms with Crippen molar-refractivity contribution in [3.8, 4) is 0 Å². The average molecular weight is 363 g/mol. The molecule has 3 aromatic rings. The predicted molar refractivity (Wildman–Crippen MR) is 106 cm³/mol. The highest BCUT2D eigenvalue weighted by molar-refractivity contribution is 6.08. The number of carbonyl (C=O) groups excluding carboxylic acids is 1. The first-order valence-corrected chi connectivity index (χ1v) is 9.28. The number of benzene rings is 2. The van der Waals surface area contributed by atoms with Gasteiger partial charge in [0.25, 0.3) is 5.91 Å². The molecule has 1 aromatic heterocycles. The van der Waals surface area contributed by atoms with Crippen molar-refractivity contribution in [3.05, 3.63) is 65.6 Å². The van der Waals surface area contributed by atoms with E-state index in [0.29, 0.717) is 22.3 Å². The molecule has 5 heteroatoms. The summed E-state index contributed by atoms with van der Waals surface area (Å²) < 4.78 is 14.4. The number of para-hydroxylation sites is 1. The van der Waals surface area contributed by atoms with Gasteiger partial charge in [0.05, 0.1) is 16.8 Å². The van der Waals surface area contributed by atoms with Crippen LogP contribution >= 0.6 is 0 Å². The summed E-state index contributed by atoms with van der Waals surface area (Å²) in [6.07, 6.45) is 3.55. The van der Waals surface area contributed by atoms with Gasteiger partial charge in [0.2, 0.25) is 0 Å². The largest absolute Gasteiger partial charge is 0.354 e. The lowest BCUT2D eigenvalue weighted by Crippen LogP contribution is -2.26. The van der Waals surface area contributed by atoms with Crippen molar-refractivity contribution in [1.29, 1.82) is 0 Å². The van der Waals surface area contributed by atoms with Crippen LogP contribution in [0.5, 0.6) is 0 Å². The van der Waals surface area contributed by atoms with Gasteiger partial charge < -0.3 is 10.6 Å². The first-order valence-electron chi connectivity index (χ1n) is 9.28. The lowest BCUT2D eigenvalue weighted by molar-refractivity contribution is 0.0951. The van der Waals surface area contributed by atoms with Gasteiger partial charge in [-0.05, 0) is 42.5 Å². The van der Waals surface area contributed by atoms with Gasteiger partial charge in [0.15, 0.2) is 0 Å². The number of nitrogens with zero attached hydrogens (tertiary/aromatic N) is 1. The number of hydrogen-bond acceptors (Lipinski definition) is 3. The fourth-order valence-electron chi connectivity index (χ4n) is 3.14. The Morgan fingerprint density at radius 2 is 1.93 bits per heavy atom. The molecule has 0 unspecified atom stereocenters.